The molecule has 2 aromatic carbocycles. The standard InChI is InChI=1S/C27H31BrN2O5S2/c1-5-15-30(37(32,33)24-11-8-22(28)9-12-24)19-27(31)29(18-23-10-6-20(2)36-23)16-14-21-7-13-25(34-3)26(17-21)35-4/h5-13,17H,1,14-16,18-19H2,2-4H3. The molecule has 37 heavy (non-hydrogen) atoms. The molecule has 0 unspecified atom stereocenters. The van der Waals surface area contributed by atoms with Gasteiger partial charge in [0.1, 0.15) is 0 Å². The van der Waals surface area contributed by atoms with Gasteiger partial charge in [0.25, 0.3) is 0 Å². The first-order chi connectivity index (χ1) is 17.7. The van der Waals surface area contributed by atoms with Crippen LogP contribution in [0.3, 0.4) is 0 Å². The summed E-state index contributed by atoms with van der Waals surface area (Å²) in [6, 6.07) is 16.0. The Morgan fingerprint density at radius 1 is 1.05 bits per heavy atom. The predicted molar refractivity (Wildman–Crippen MR) is 151 cm³/mol. The second-order valence-electron chi connectivity index (χ2n) is 8.31. The number of carbonyl (C=O) groups excluding carboxylic acids is 1. The molecule has 7 nitrogen and oxygen atoms in total. The van der Waals surface area contributed by atoms with Crippen molar-refractivity contribution in [3.63, 3.8) is 0 Å². The highest BCUT2D eigenvalue weighted by Gasteiger charge is 2.28. The van der Waals surface area contributed by atoms with Gasteiger partial charge in [-0.15, -0.1) is 17.9 Å². The Morgan fingerprint density at radius 3 is 2.35 bits per heavy atom. The van der Waals surface area contributed by atoms with Crippen molar-refractivity contribution in [1.82, 2.24) is 9.21 Å². The molecular weight excluding hydrogens is 576 g/mol. The number of rotatable bonds is 13. The first-order valence-corrected chi connectivity index (χ1v) is 14.6. The smallest absolute Gasteiger partial charge is 0.243 e. The molecule has 0 fully saturated rings. The lowest BCUT2D eigenvalue weighted by Gasteiger charge is -2.27. The lowest BCUT2D eigenvalue weighted by molar-refractivity contribution is -0.131. The van der Waals surface area contributed by atoms with E-state index in [4.69, 9.17) is 9.47 Å². The maximum Gasteiger partial charge on any atom is 0.243 e. The monoisotopic (exact) mass is 606 g/mol. The molecule has 0 atom stereocenters. The molecule has 0 radical (unpaired) electrons. The van der Waals surface area contributed by atoms with E-state index < -0.39 is 10.0 Å². The second-order valence-corrected chi connectivity index (χ2v) is 12.5. The summed E-state index contributed by atoms with van der Waals surface area (Å²) in [4.78, 5) is 17.6. The lowest BCUT2D eigenvalue weighted by Crippen LogP contribution is -2.43. The minimum Gasteiger partial charge on any atom is -0.493 e. The van der Waals surface area contributed by atoms with Crippen LogP contribution >= 0.6 is 27.3 Å². The lowest BCUT2D eigenvalue weighted by atomic mass is 10.1. The van der Waals surface area contributed by atoms with Gasteiger partial charge in [0.05, 0.1) is 32.2 Å². The normalized spacial score (nSPS) is 11.4. The maximum absolute atomic E-state index is 13.6. The molecule has 0 saturated heterocycles. The van der Waals surface area contributed by atoms with Crippen LogP contribution in [0, 0.1) is 6.92 Å². The van der Waals surface area contributed by atoms with Crippen molar-refractivity contribution in [3.8, 4) is 11.5 Å². The van der Waals surface area contributed by atoms with Crippen molar-refractivity contribution in [3.05, 3.63) is 87.0 Å². The largest absolute Gasteiger partial charge is 0.493 e. The summed E-state index contributed by atoms with van der Waals surface area (Å²) in [5, 5.41) is 0. The zero-order valence-corrected chi connectivity index (χ0v) is 24.4. The van der Waals surface area contributed by atoms with Gasteiger partial charge in [0, 0.05) is 27.3 Å². The number of nitrogens with zero attached hydrogens (tertiary/aromatic N) is 2. The van der Waals surface area contributed by atoms with E-state index >= 15 is 0 Å². The fraction of sp³-hybridized carbons (Fsp3) is 0.296. The third-order valence-corrected chi connectivity index (χ3v) is 9.05. The highest BCUT2D eigenvalue weighted by Crippen LogP contribution is 2.28. The maximum atomic E-state index is 13.6. The zero-order chi connectivity index (χ0) is 27.0. The average Bonchev–Trinajstić information content (AvgIpc) is 3.30. The average molecular weight is 608 g/mol. The first-order valence-electron chi connectivity index (χ1n) is 11.6. The van der Waals surface area contributed by atoms with Gasteiger partial charge < -0.3 is 14.4 Å². The van der Waals surface area contributed by atoms with Crippen molar-refractivity contribution in [2.24, 2.45) is 0 Å². The summed E-state index contributed by atoms with van der Waals surface area (Å²) in [7, 11) is -0.734. The Hall–Kier alpha value is -2.66. The fourth-order valence-electron chi connectivity index (χ4n) is 3.75. The molecule has 0 aliphatic rings. The molecule has 3 aromatic rings. The fourth-order valence-corrected chi connectivity index (χ4v) is 6.28. The number of hydrogen-bond donors (Lipinski definition) is 0. The Kier molecular flexibility index (Phi) is 10.3. The summed E-state index contributed by atoms with van der Waals surface area (Å²) in [5.41, 5.74) is 0.975. The number of methoxy groups -OCH3 is 2. The molecule has 3 rings (SSSR count). The van der Waals surface area contributed by atoms with E-state index in [2.05, 4.69) is 22.5 Å². The van der Waals surface area contributed by atoms with Gasteiger partial charge in [0.2, 0.25) is 15.9 Å². The van der Waals surface area contributed by atoms with Crippen molar-refractivity contribution in [1.29, 1.82) is 0 Å². The van der Waals surface area contributed by atoms with E-state index in [0.29, 0.717) is 31.0 Å². The molecule has 0 spiro atoms. The van der Waals surface area contributed by atoms with Crippen molar-refractivity contribution in [2.45, 2.75) is 24.8 Å². The second kappa shape index (κ2) is 13.2. The number of sulfonamides is 1. The molecule has 1 heterocycles. The van der Waals surface area contributed by atoms with Gasteiger partial charge in [-0.1, -0.05) is 28.1 Å². The minimum atomic E-state index is -3.90. The summed E-state index contributed by atoms with van der Waals surface area (Å²) in [6.45, 7) is 6.24. The van der Waals surface area contributed by atoms with E-state index in [1.807, 2.05) is 37.3 Å². The molecule has 0 aliphatic carbocycles. The molecule has 1 aromatic heterocycles. The van der Waals surface area contributed by atoms with Gasteiger partial charge in [-0.2, -0.15) is 4.31 Å². The van der Waals surface area contributed by atoms with Crippen LogP contribution in [0.4, 0.5) is 0 Å². The van der Waals surface area contributed by atoms with Crippen LogP contribution in [0.5, 0.6) is 11.5 Å². The van der Waals surface area contributed by atoms with Crippen molar-refractivity contribution in [2.75, 3.05) is 33.9 Å². The van der Waals surface area contributed by atoms with Gasteiger partial charge in [-0.05, 0) is 67.4 Å². The van der Waals surface area contributed by atoms with Gasteiger partial charge in [-0.25, -0.2) is 8.42 Å². The Bertz CT molecular complexity index is 1320. The van der Waals surface area contributed by atoms with E-state index in [9.17, 15) is 13.2 Å². The molecular formula is C27H31BrN2O5S2. The van der Waals surface area contributed by atoms with Crippen molar-refractivity contribution < 1.29 is 22.7 Å². The first kappa shape index (κ1) is 28.9. The Morgan fingerprint density at radius 2 is 1.76 bits per heavy atom. The molecule has 198 valence electrons. The Labute approximate surface area is 231 Å². The summed E-state index contributed by atoms with van der Waals surface area (Å²) in [6.07, 6.45) is 2.05. The number of benzene rings is 2. The molecule has 0 N–H and O–H groups in total. The highest BCUT2D eigenvalue weighted by atomic mass is 79.9. The number of ether oxygens (including phenoxy) is 2. The number of aryl methyl sites for hydroxylation is 1. The number of amides is 1. The van der Waals surface area contributed by atoms with Crippen LogP contribution in [-0.4, -0.2) is 57.4 Å². The van der Waals surface area contributed by atoms with E-state index in [-0.39, 0.29) is 23.9 Å². The van der Waals surface area contributed by atoms with E-state index in [1.165, 1.54) is 18.2 Å². The SMILES string of the molecule is C=CCN(CC(=O)N(CCc1ccc(OC)c(OC)c1)Cc1ccc(C)s1)S(=O)(=O)c1ccc(Br)cc1. The third kappa shape index (κ3) is 7.67. The van der Waals surface area contributed by atoms with Crippen molar-refractivity contribution >= 4 is 43.2 Å². The van der Waals surface area contributed by atoms with Gasteiger partial charge in [0.15, 0.2) is 11.5 Å². The molecule has 1 amide bonds. The van der Waals surface area contributed by atoms with Crippen LogP contribution in [-0.2, 0) is 27.8 Å². The number of carbonyl (C=O) groups is 1. The quantitative estimate of drug-likeness (QED) is 0.247. The summed E-state index contributed by atoms with van der Waals surface area (Å²) >= 11 is 4.94. The zero-order valence-electron chi connectivity index (χ0n) is 21.1. The highest BCUT2D eigenvalue weighted by molar-refractivity contribution is 9.10. The molecule has 0 aliphatic heterocycles. The molecule has 0 bridgehead atoms. The van der Waals surface area contributed by atoms with Crippen LogP contribution in [0.1, 0.15) is 15.3 Å². The topological polar surface area (TPSA) is 76.2 Å². The number of thiophene rings is 1. The van der Waals surface area contributed by atoms with Crippen LogP contribution in [0.25, 0.3) is 0 Å². The van der Waals surface area contributed by atoms with E-state index in [0.717, 1.165) is 24.1 Å². The van der Waals surface area contributed by atoms with Crippen LogP contribution in [0.15, 0.2) is 76.6 Å². The minimum absolute atomic E-state index is 0.0196. The Balaban J connectivity index is 1.83. The van der Waals surface area contributed by atoms with Crippen LogP contribution < -0.4 is 9.47 Å². The number of halogens is 1. The molecule has 10 heteroatoms. The summed E-state index contributed by atoms with van der Waals surface area (Å²) < 4.78 is 39.3. The van der Waals surface area contributed by atoms with Gasteiger partial charge in [-0.3, -0.25) is 4.79 Å². The third-order valence-electron chi connectivity index (χ3n) is 5.71. The van der Waals surface area contributed by atoms with E-state index in [1.54, 1.807) is 42.6 Å². The van der Waals surface area contributed by atoms with Crippen LogP contribution in [0.2, 0.25) is 0 Å². The molecule has 0 saturated carbocycles. The van der Waals surface area contributed by atoms with Gasteiger partial charge >= 0.3 is 0 Å². The predicted octanol–water partition coefficient (Wildman–Crippen LogP) is 5.28. The number of hydrogen-bond acceptors (Lipinski definition) is 6. The summed E-state index contributed by atoms with van der Waals surface area (Å²) in [5.74, 6) is 0.963.